The van der Waals surface area contributed by atoms with Gasteiger partial charge in [-0.1, -0.05) is 30.4 Å². The molecule has 0 saturated carbocycles. The summed E-state index contributed by atoms with van der Waals surface area (Å²) >= 11 is 3.27. The van der Waals surface area contributed by atoms with Crippen molar-refractivity contribution in [3.05, 3.63) is 50.6 Å². The van der Waals surface area contributed by atoms with Crippen molar-refractivity contribution in [1.82, 2.24) is 14.6 Å². The highest BCUT2D eigenvalue weighted by molar-refractivity contribution is 7.20. The molecule has 0 N–H and O–H groups in total. The summed E-state index contributed by atoms with van der Waals surface area (Å²) in [4.78, 5) is 20.8. The molecule has 0 unspecified atom stereocenters. The Morgan fingerprint density at radius 3 is 3.00 bits per heavy atom. The van der Waals surface area contributed by atoms with Crippen LogP contribution in [0.3, 0.4) is 0 Å². The molecule has 118 valence electrons. The van der Waals surface area contributed by atoms with Crippen molar-refractivity contribution in [3.8, 4) is 0 Å². The Morgan fingerprint density at radius 1 is 1.39 bits per heavy atom. The van der Waals surface area contributed by atoms with Crippen molar-refractivity contribution in [2.45, 2.75) is 19.8 Å². The average Bonchev–Trinajstić information content (AvgIpc) is 3.24. The highest BCUT2D eigenvalue weighted by Crippen LogP contribution is 2.29. The molecule has 0 spiro atoms. The molecule has 4 rings (SSSR count). The minimum Gasteiger partial charge on any atom is -0.343 e. The molecule has 7 heteroatoms. The van der Waals surface area contributed by atoms with E-state index in [0.29, 0.717) is 4.96 Å². The highest BCUT2D eigenvalue weighted by Gasteiger charge is 2.18. The lowest BCUT2D eigenvalue weighted by Crippen LogP contribution is -2.28. The summed E-state index contributed by atoms with van der Waals surface area (Å²) in [5.41, 5.74) is 2.13. The summed E-state index contributed by atoms with van der Waals surface area (Å²) in [5.74, 6) is 0. The van der Waals surface area contributed by atoms with Gasteiger partial charge in [0.1, 0.15) is 0 Å². The predicted octanol–water partition coefficient (Wildman–Crippen LogP) is 3.07. The van der Waals surface area contributed by atoms with Crippen LogP contribution in [0.15, 0.2) is 34.4 Å². The number of aromatic nitrogens is 3. The Bertz CT molecular complexity index is 923. The summed E-state index contributed by atoms with van der Waals surface area (Å²) in [5, 5.41) is 7.43. The van der Waals surface area contributed by atoms with Crippen LogP contribution in [0.4, 0.5) is 5.13 Å². The first-order valence-corrected chi connectivity index (χ1v) is 9.32. The second-order valence-electron chi connectivity index (χ2n) is 5.42. The van der Waals surface area contributed by atoms with Crippen LogP contribution in [-0.2, 0) is 6.42 Å². The SMILES string of the molecule is CCc1cc(=O)n2nc(N3CC=C(c4cccs4)CC3)sc2n1. The van der Waals surface area contributed by atoms with Gasteiger partial charge >= 0.3 is 0 Å². The van der Waals surface area contributed by atoms with E-state index in [2.05, 4.69) is 38.6 Å². The maximum absolute atomic E-state index is 12.1. The fourth-order valence-electron chi connectivity index (χ4n) is 2.68. The van der Waals surface area contributed by atoms with Gasteiger partial charge < -0.3 is 4.90 Å². The summed E-state index contributed by atoms with van der Waals surface area (Å²) < 4.78 is 1.41. The van der Waals surface area contributed by atoms with Crippen LogP contribution in [0.25, 0.3) is 10.5 Å². The van der Waals surface area contributed by atoms with Crippen molar-refractivity contribution in [2.75, 3.05) is 18.0 Å². The number of fused-ring (bicyclic) bond motifs is 1. The van der Waals surface area contributed by atoms with Crippen LogP contribution in [-0.4, -0.2) is 27.7 Å². The van der Waals surface area contributed by atoms with Gasteiger partial charge in [0.15, 0.2) is 0 Å². The van der Waals surface area contributed by atoms with Crippen molar-refractivity contribution in [3.63, 3.8) is 0 Å². The number of thiophene rings is 1. The monoisotopic (exact) mass is 344 g/mol. The summed E-state index contributed by atoms with van der Waals surface area (Å²) in [6.07, 6.45) is 4.02. The molecule has 0 atom stereocenters. The third-order valence-electron chi connectivity index (χ3n) is 3.97. The lowest BCUT2D eigenvalue weighted by Gasteiger charge is -2.25. The van der Waals surface area contributed by atoms with E-state index in [4.69, 9.17) is 0 Å². The van der Waals surface area contributed by atoms with Gasteiger partial charge in [-0.25, -0.2) is 4.98 Å². The fraction of sp³-hybridized carbons (Fsp3) is 0.312. The Labute approximate surface area is 141 Å². The average molecular weight is 344 g/mol. The molecular formula is C16H16N4OS2. The zero-order valence-electron chi connectivity index (χ0n) is 12.7. The Kier molecular flexibility index (Phi) is 3.74. The third kappa shape index (κ3) is 2.70. The van der Waals surface area contributed by atoms with Crippen LogP contribution in [0.1, 0.15) is 23.9 Å². The van der Waals surface area contributed by atoms with Gasteiger partial charge in [-0.3, -0.25) is 4.79 Å². The molecule has 3 aromatic heterocycles. The largest absolute Gasteiger partial charge is 0.343 e. The predicted molar refractivity (Wildman–Crippen MR) is 95.6 cm³/mol. The molecule has 5 nitrogen and oxygen atoms in total. The molecule has 0 aromatic carbocycles. The van der Waals surface area contributed by atoms with E-state index in [1.54, 1.807) is 17.4 Å². The number of hydrogen-bond donors (Lipinski definition) is 0. The van der Waals surface area contributed by atoms with E-state index >= 15 is 0 Å². The number of hydrogen-bond acceptors (Lipinski definition) is 6. The highest BCUT2D eigenvalue weighted by atomic mass is 32.1. The molecule has 3 aromatic rings. The van der Waals surface area contributed by atoms with E-state index in [0.717, 1.165) is 36.8 Å². The van der Waals surface area contributed by atoms with Crippen molar-refractivity contribution in [2.24, 2.45) is 0 Å². The molecule has 0 fully saturated rings. The number of aryl methyl sites for hydroxylation is 1. The third-order valence-corrected chi connectivity index (χ3v) is 5.88. The Hall–Kier alpha value is -1.99. The van der Waals surface area contributed by atoms with Crippen LogP contribution in [0, 0.1) is 0 Å². The smallest absolute Gasteiger partial charge is 0.275 e. The normalized spacial score (nSPS) is 15.2. The lowest BCUT2D eigenvalue weighted by atomic mass is 10.1. The van der Waals surface area contributed by atoms with Gasteiger partial charge in [0.25, 0.3) is 5.56 Å². The zero-order valence-corrected chi connectivity index (χ0v) is 14.4. The minimum atomic E-state index is -0.0961. The standard InChI is InChI=1S/C16H16N4OS2/c1-2-12-10-14(21)20-15(17-12)23-16(18-20)19-7-5-11(6-8-19)13-4-3-9-22-13/h3-5,9-10H,2,6-8H2,1H3. The van der Waals surface area contributed by atoms with Gasteiger partial charge in [0.2, 0.25) is 10.1 Å². The molecule has 23 heavy (non-hydrogen) atoms. The maximum Gasteiger partial charge on any atom is 0.275 e. The first kappa shape index (κ1) is 14.6. The van der Waals surface area contributed by atoms with Crippen LogP contribution < -0.4 is 10.5 Å². The second kappa shape index (κ2) is 5.90. The Morgan fingerprint density at radius 2 is 2.30 bits per heavy atom. The maximum atomic E-state index is 12.1. The van der Waals surface area contributed by atoms with Gasteiger partial charge in [-0.2, -0.15) is 4.52 Å². The van der Waals surface area contributed by atoms with Gasteiger partial charge in [-0.05, 0) is 29.9 Å². The van der Waals surface area contributed by atoms with Crippen LogP contribution >= 0.6 is 22.7 Å². The van der Waals surface area contributed by atoms with E-state index in [-0.39, 0.29) is 5.56 Å². The van der Waals surface area contributed by atoms with Crippen LogP contribution in [0.5, 0.6) is 0 Å². The second-order valence-corrected chi connectivity index (χ2v) is 7.30. The molecule has 0 amide bonds. The number of rotatable bonds is 3. The van der Waals surface area contributed by atoms with Crippen molar-refractivity contribution >= 4 is 38.3 Å². The zero-order chi connectivity index (χ0) is 15.8. The van der Waals surface area contributed by atoms with E-state index in [1.165, 1.54) is 26.3 Å². The summed E-state index contributed by atoms with van der Waals surface area (Å²) in [7, 11) is 0. The number of anilines is 1. The van der Waals surface area contributed by atoms with Gasteiger partial charge in [0, 0.05) is 29.7 Å². The number of nitrogens with zero attached hydrogens (tertiary/aromatic N) is 4. The molecule has 0 saturated heterocycles. The first-order valence-electron chi connectivity index (χ1n) is 7.62. The Balaban J connectivity index is 1.63. The molecular weight excluding hydrogens is 328 g/mol. The summed E-state index contributed by atoms with van der Waals surface area (Å²) in [6, 6.07) is 5.82. The molecule has 1 aliphatic heterocycles. The molecule has 0 bridgehead atoms. The lowest BCUT2D eigenvalue weighted by molar-refractivity contribution is 0.796. The quantitative estimate of drug-likeness (QED) is 0.733. The van der Waals surface area contributed by atoms with E-state index in [9.17, 15) is 4.79 Å². The topological polar surface area (TPSA) is 50.5 Å². The molecule has 1 aliphatic rings. The fourth-order valence-corrected chi connectivity index (χ4v) is 4.44. The van der Waals surface area contributed by atoms with Gasteiger partial charge in [-0.15, -0.1) is 16.4 Å². The summed E-state index contributed by atoms with van der Waals surface area (Å²) in [6.45, 7) is 3.74. The first-order chi connectivity index (χ1) is 11.2. The molecule has 0 aliphatic carbocycles. The molecule has 4 heterocycles. The van der Waals surface area contributed by atoms with E-state index in [1.807, 2.05) is 6.92 Å². The van der Waals surface area contributed by atoms with Crippen molar-refractivity contribution in [1.29, 1.82) is 0 Å². The molecule has 0 radical (unpaired) electrons. The van der Waals surface area contributed by atoms with E-state index < -0.39 is 0 Å². The minimum absolute atomic E-state index is 0.0961. The van der Waals surface area contributed by atoms with Crippen LogP contribution in [0.2, 0.25) is 0 Å². The van der Waals surface area contributed by atoms with Gasteiger partial charge in [0.05, 0.1) is 0 Å². The van der Waals surface area contributed by atoms with Crippen molar-refractivity contribution < 1.29 is 0 Å².